The molecule has 2 aromatic carbocycles. The molecule has 0 radical (unpaired) electrons. The summed E-state index contributed by atoms with van der Waals surface area (Å²) in [4.78, 5) is 0. The summed E-state index contributed by atoms with van der Waals surface area (Å²) in [5.41, 5.74) is 5.45. The number of nitrogens with zero attached hydrogens (tertiary/aromatic N) is 2. The predicted octanol–water partition coefficient (Wildman–Crippen LogP) is 5.59. The third-order valence-electron chi connectivity index (χ3n) is 5.97. The summed E-state index contributed by atoms with van der Waals surface area (Å²) in [7, 11) is 0.754. The molecule has 0 aliphatic heterocycles. The van der Waals surface area contributed by atoms with Gasteiger partial charge in [0, 0.05) is 22.4 Å². The Morgan fingerprint density at radius 2 is 1.64 bits per heavy atom. The topological polar surface area (TPSA) is 8.81 Å². The van der Waals surface area contributed by atoms with E-state index < -0.39 is 8.07 Å². The van der Waals surface area contributed by atoms with Crippen LogP contribution in [0.1, 0.15) is 30.9 Å². The maximum absolute atomic E-state index is 2.48. The van der Waals surface area contributed by atoms with E-state index in [-0.39, 0.29) is 0 Å². The van der Waals surface area contributed by atoms with Gasteiger partial charge in [-0.25, -0.2) is 4.57 Å². The molecule has 0 unspecified atom stereocenters. The zero-order valence-corrected chi connectivity index (χ0v) is 19.2. The lowest BCUT2D eigenvalue weighted by molar-refractivity contribution is -0.665. The van der Waals surface area contributed by atoms with E-state index in [1.807, 2.05) is 0 Å². The van der Waals surface area contributed by atoms with Crippen LogP contribution < -0.4 is 9.75 Å². The van der Waals surface area contributed by atoms with E-state index in [0.717, 1.165) is 0 Å². The Kier molecular flexibility index (Phi) is 4.46. The number of aromatic nitrogens is 2. The molecule has 0 fully saturated rings. The van der Waals surface area contributed by atoms with Crippen molar-refractivity contribution in [3.63, 3.8) is 0 Å². The van der Waals surface area contributed by atoms with Crippen LogP contribution in [0.3, 0.4) is 0 Å². The van der Waals surface area contributed by atoms with Gasteiger partial charge in [0.25, 0.3) is 5.82 Å². The average Bonchev–Trinajstić information content (AvgIpc) is 2.96. The molecule has 0 amide bonds. The minimum absolute atomic E-state index is 0.512. The molecule has 0 saturated heterocycles. The van der Waals surface area contributed by atoms with Crippen LogP contribution in [-0.2, 0) is 7.05 Å². The highest BCUT2D eigenvalue weighted by Gasteiger charge is 2.26. The Labute approximate surface area is 169 Å². The van der Waals surface area contributed by atoms with Crippen LogP contribution in [0.2, 0.25) is 19.6 Å². The van der Waals surface area contributed by atoms with E-state index in [2.05, 4.69) is 111 Å². The fraction of sp³-hybridized carbons (Fsp3) is 0.320. The molecule has 2 nitrogen and oxygen atoms in total. The Morgan fingerprint density at radius 3 is 2.32 bits per heavy atom. The number of para-hydroxylation sites is 1. The molecule has 0 aliphatic carbocycles. The second-order valence-corrected chi connectivity index (χ2v) is 14.4. The van der Waals surface area contributed by atoms with Crippen LogP contribution in [0.4, 0.5) is 0 Å². The first-order valence-corrected chi connectivity index (χ1v) is 13.7. The van der Waals surface area contributed by atoms with Gasteiger partial charge in [-0.3, -0.25) is 0 Å². The third-order valence-corrected chi connectivity index (χ3v) is 8.02. The van der Waals surface area contributed by atoms with Crippen LogP contribution in [0, 0.1) is 6.92 Å². The molecule has 4 aromatic rings. The van der Waals surface area contributed by atoms with Gasteiger partial charge >= 0.3 is 0 Å². The number of aryl methyl sites for hydroxylation is 2. The fourth-order valence-corrected chi connectivity index (χ4v) is 5.48. The monoisotopic (exact) mass is 387 g/mol. The molecule has 0 bridgehead atoms. The van der Waals surface area contributed by atoms with Crippen molar-refractivity contribution in [1.29, 1.82) is 0 Å². The third kappa shape index (κ3) is 2.89. The smallest absolute Gasteiger partial charge is 0.237 e. The maximum Gasteiger partial charge on any atom is 0.286 e. The van der Waals surface area contributed by atoms with Gasteiger partial charge in [0.2, 0.25) is 0 Å². The normalized spacial score (nSPS) is 12.4. The van der Waals surface area contributed by atoms with Crippen LogP contribution in [0.15, 0.2) is 54.7 Å². The molecular formula is C25H31N2Si+. The fourth-order valence-electron chi connectivity index (χ4n) is 4.35. The summed E-state index contributed by atoms with van der Waals surface area (Å²) in [6.45, 7) is 14.1. The van der Waals surface area contributed by atoms with Gasteiger partial charge in [-0.15, -0.1) is 0 Å². The lowest BCUT2D eigenvalue weighted by atomic mass is 9.95. The number of hydrogen-bond donors (Lipinski definition) is 0. The first kappa shape index (κ1) is 18.9. The minimum Gasteiger partial charge on any atom is -0.237 e. The van der Waals surface area contributed by atoms with Crippen molar-refractivity contribution in [1.82, 2.24) is 4.57 Å². The molecule has 28 heavy (non-hydrogen) atoms. The van der Waals surface area contributed by atoms with E-state index >= 15 is 0 Å². The quantitative estimate of drug-likeness (QED) is 0.320. The molecule has 2 aromatic heterocycles. The van der Waals surface area contributed by atoms with E-state index in [1.54, 1.807) is 0 Å². The Morgan fingerprint density at radius 1 is 0.929 bits per heavy atom. The molecule has 4 rings (SSSR count). The van der Waals surface area contributed by atoms with Crippen molar-refractivity contribution >= 4 is 35.1 Å². The molecule has 2 heterocycles. The Hall–Kier alpha value is -2.39. The summed E-state index contributed by atoms with van der Waals surface area (Å²) in [5.74, 6) is 1.76. The first-order chi connectivity index (χ1) is 13.2. The summed E-state index contributed by atoms with van der Waals surface area (Å²) >= 11 is 0. The van der Waals surface area contributed by atoms with Gasteiger partial charge in [-0.05, 0) is 47.9 Å². The summed E-state index contributed by atoms with van der Waals surface area (Å²) in [6.07, 6.45) is 2.23. The highest BCUT2D eigenvalue weighted by atomic mass is 28.3. The van der Waals surface area contributed by atoms with E-state index in [0.29, 0.717) is 5.92 Å². The number of pyridine rings is 1. The van der Waals surface area contributed by atoms with Gasteiger partial charge in [0.1, 0.15) is 11.0 Å². The van der Waals surface area contributed by atoms with E-state index in [9.17, 15) is 0 Å². The largest absolute Gasteiger partial charge is 0.286 e. The zero-order chi connectivity index (χ0) is 20.2. The lowest BCUT2D eigenvalue weighted by Gasteiger charge is -2.17. The molecule has 0 atom stereocenters. The summed E-state index contributed by atoms with van der Waals surface area (Å²) in [5, 5.41) is 4.16. The predicted molar refractivity (Wildman–Crippen MR) is 124 cm³/mol. The SMILES string of the molecule is Cc1c(C(C)C)ccc2c3ccccc3n(-c3cc([Si](C)(C)C)cc[n+]3C)c12. The summed E-state index contributed by atoms with van der Waals surface area (Å²) < 4.78 is 4.74. The van der Waals surface area contributed by atoms with Crippen LogP contribution >= 0.6 is 0 Å². The first-order valence-electron chi connectivity index (χ1n) is 10.2. The molecule has 0 spiro atoms. The highest BCUT2D eigenvalue weighted by Crippen LogP contribution is 2.35. The second kappa shape index (κ2) is 6.59. The van der Waals surface area contributed by atoms with Crippen molar-refractivity contribution in [2.24, 2.45) is 7.05 Å². The molecule has 0 N–H and O–H groups in total. The van der Waals surface area contributed by atoms with Crippen LogP contribution in [0.25, 0.3) is 27.6 Å². The van der Waals surface area contributed by atoms with Crippen LogP contribution in [0.5, 0.6) is 0 Å². The van der Waals surface area contributed by atoms with Crippen molar-refractivity contribution in [2.75, 3.05) is 0 Å². The highest BCUT2D eigenvalue weighted by molar-refractivity contribution is 6.88. The van der Waals surface area contributed by atoms with Gasteiger partial charge in [-0.2, -0.15) is 4.57 Å². The number of benzene rings is 2. The Balaban J connectivity index is 2.18. The zero-order valence-electron chi connectivity index (χ0n) is 18.2. The van der Waals surface area contributed by atoms with Crippen molar-refractivity contribution < 1.29 is 4.57 Å². The van der Waals surface area contributed by atoms with Crippen molar-refractivity contribution in [2.45, 2.75) is 46.3 Å². The van der Waals surface area contributed by atoms with Gasteiger partial charge in [0.05, 0.1) is 21.3 Å². The molecule has 3 heteroatoms. The molecule has 0 aliphatic rings. The number of fused-ring (bicyclic) bond motifs is 3. The van der Waals surface area contributed by atoms with Crippen molar-refractivity contribution in [3.05, 3.63) is 65.9 Å². The lowest BCUT2D eigenvalue weighted by Crippen LogP contribution is -2.43. The number of rotatable bonds is 3. The van der Waals surface area contributed by atoms with Gasteiger partial charge in [0.15, 0.2) is 0 Å². The number of hydrogen-bond acceptors (Lipinski definition) is 0. The van der Waals surface area contributed by atoms with E-state index in [1.165, 1.54) is 43.9 Å². The van der Waals surface area contributed by atoms with Crippen LogP contribution in [-0.4, -0.2) is 12.6 Å². The van der Waals surface area contributed by atoms with Gasteiger partial charge < -0.3 is 0 Å². The van der Waals surface area contributed by atoms with Crippen molar-refractivity contribution in [3.8, 4) is 5.82 Å². The Bertz CT molecular complexity index is 1190. The van der Waals surface area contributed by atoms with Gasteiger partial charge in [-0.1, -0.05) is 51.7 Å². The van der Waals surface area contributed by atoms with E-state index in [4.69, 9.17) is 0 Å². The average molecular weight is 388 g/mol. The molecule has 144 valence electrons. The minimum atomic E-state index is -1.40. The maximum atomic E-state index is 2.48. The molecule has 0 saturated carbocycles. The second-order valence-electron chi connectivity index (χ2n) is 9.32. The molecular weight excluding hydrogens is 356 g/mol. The summed E-state index contributed by atoms with van der Waals surface area (Å²) in [6, 6.07) is 18.2. The standard InChI is InChI=1S/C25H31N2Si/c1-17(2)20-12-13-22-21-10-8-9-11-23(21)27(25(22)18(20)3)24-16-19(28(5,6)7)14-15-26(24)4/h8-17H,1-7H3/q+1.